The highest BCUT2D eigenvalue weighted by Gasteiger charge is 2.08. The van der Waals surface area contributed by atoms with Crippen LogP contribution in [-0.4, -0.2) is 12.5 Å². The zero-order valence-electron chi connectivity index (χ0n) is 9.72. The molecule has 0 aromatic heterocycles. The van der Waals surface area contributed by atoms with Gasteiger partial charge in [0.1, 0.15) is 5.76 Å². The van der Waals surface area contributed by atoms with Crippen molar-refractivity contribution in [2.75, 3.05) is 12.3 Å². The lowest BCUT2D eigenvalue weighted by molar-refractivity contribution is 0.0621. The van der Waals surface area contributed by atoms with E-state index in [-0.39, 0.29) is 6.54 Å². The second-order valence-electron chi connectivity index (χ2n) is 3.37. The molecule has 0 aliphatic carbocycles. The average Bonchev–Trinajstić information content (AvgIpc) is 2.35. The van der Waals surface area contributed by atoms with Crippen LogP contribution < -0.4 is 11.5 Å². The maximum absolute atomic E-state index is 11.7. The quantitative estimate of drug-likeness (QED) is 0.359. The summed E-state index contributed by atoms with van der Waals surface area (Å²) >= 11 is 0. The molecule has 1 aromatic carbocycles. The average molecular weight is 232 g/mol. The summed E-state index contributed by atoms with van der Waals surface area (Å²) in [4.78, 5) is 11.7. The molecule has 0 fully saturated rings. The number of anilines is 1. The Morgan fingerprint density at radius 1 is 1.35 bits per heavy atom. The molecular formula is C13H16N2O2. The lowest BCUT2D eigenvalue weighted by Crippen LogP contribution is -2.12. The molecule has 90 valence electrons. The second-order valence-corrected chi connectivity index (χ2v) is 3.37. The molecule has 17 heavy (non-hydrogen) atoms. The normalized spacial score (nSPS) is 11.8. The third kappa shape index (κ3) is 4.12. The number of allylic oxidation sites excluding steroid dienone is 3. The van der Waals surface area contributed by atoms with Gasteiger partial charge in [-0.25, -0.2) is 4.79 Å². The van der Waals surface area contributed by atoms with Crippen LogP contribution in [0.1, 0.15) is 17.3 Å². The molecule has 4 heteroatoms. The number of esters is 1. The first-order chi connectivity index (χ1) is 8.17. The Balaban J connectivity index is 2.74. The van der Waals surface area contributed by atoms with Gasteiger partial charge in [0.15, 0.2) is 0 Å². The topological polar surface area (TPSA) is 78.3 Å². The van der Waals surface area contributed by atoms with Gasteiger partial charge in [0.2, 0.25) is 0 Å². The van der Waals surface area contributed by atoms with E-state index in [0.29, 0.717) is 17.0 Å². The summed E-state index contributed by atoms with van der Waals surface area (Å²) in [5.41, 5.74) is 12.0. The van der Waals surface area contributed by atoms with Crippen molar-refractivity contribution in [2.45, 2.75) is 6.92 Å². The lowest BCUT2D eigenvalue weighted by Gasteiger charge is -2.06. The second kappa shape index (κ2) is 6.50. The fraction of sp³-hybridized carbons (Fsp3) is 0.154. The van der Waals surface area contributed by atoms with Gasteiger partial charge in [-0.2, -0.15) is 0 Å². The zero-order chi connectivity index (χ0) is 12.7. The first kappa shape index (κ1) is 13.0. The number of hydrogen-bond donors (Lipinski definition) is 2. The molecule has 0 aliphatic heterocycles. The van der Waals surface area contributed by atoms with E-state index in [4.69, 9.17) is 16.2 Å². The van der Waals surface area contributed by atoms with Gasteiger partial charge in [0.25, 0.3) is 0 Å². The number of carbonyl (C=O) groups is 1. The van der Waals surface area contributed by atoms with E-state index in [1.165, 1.54) is 0 Å². The van der Waals surface area contributed by atoms with Gasteiger partial charge in [-0.3, -0.25) is 0 Å². The maximum Gasteiger partial charge on any atom is 0.343 e. The predicted molar refractivity (Wildman–Crippen MR) is 68.2 cm³/mol. The van der Waals surface area contributed by atoms with Gasteiger partial charge in [-0.15, -0.1) is 0 Å². The number of nitrogens with two attached hydrogens (primary N) is 2. The number of carbonyl (C=O) groups excluding carboxylic acids is 1. The summed E-state index contributed by atoms with van der Waals surface area (Å²) in [5.74, 6) is -0.0175. The monoisotopic (exact) mass is 232 g/mol. The number of rotatable bonds is 4. The first-order valence-electron chi connectivity index (χ1n) is 5.27. The minimum Gasteiger partial charge on any atom is -0.426 e. The Bertz CT molecular complexity index is 433. The van der Waals surface area contributed by atoms with E-state index in [1.807, 2.05) is 13.0 Å². The minimum absolute atomic E-state index is 0.172. The Morgan fingerprint density at radius 3 is 2.53 bits per heavy atom. The predicted octanol–water partition coefficient (Wildman–Crippen LogP) is 1.84. The molecule has 0 saturated heterocycles. The summed E-state index contributed by atoms with van der Waals surface area (Å²) in [6.07, 6.45) is 5.25. The molecule has 0 spiro atoms. The van der Waals surface area contributed by atoms with Gasteiger partial charge in [0, 0.05) is 5.69 Å². The lowest BCUT2D eigenvalue weighted by atomic mass is 10.2. The zero-order valence-corrected chi connectivity index (χ0v) is 9.72. The van der Waals surface area contributed by atoms with E-state index in [2.05, 4.69) is 0 Å². The van der Waals surface area contributed by atoms with Crippen LogP contribution in [-0.2, 0) is 4.74 Å². The molecule has 0 radical (unpaired) electrons. The van der Waals surface area contributed by atoms with Gasteiger partial charge in [-0.05, 0) is 37.3 Å². The van der Waals surface area contributed by atoms with Crippen molar-refractivity contribution in [2.24, 2.45) is 5.73 Å². The summed E-state index contributed by atoms with van der Waals surface area (Å²) in [7, 11) is 0. The standard InChI is InChI=1S/C13H16N2O2/c1-2-3-4-12(9-14)17-13(16)10-5-7-11(15)8-6-10/h2-8H,9,14-15H2,1H3/b3-2-,12-4+. The van der Waals surface area contributed by atoms with E-state index >= 15 is 0 Å². The Morgan fingerprint density at radius 2 is 2.00 bits per heavy atom. The van der Waals surface area contributed by atoms with Crippen LogP contribution in [0.25, 0.3) is 0 Å². The van der Waals surface area contributed by atoms with Crippen molar-refractivity contribution in [1.82, 2.24) is 0 Å². The van der Waals surface area contributed by atoms with E-state index in [9.17, 15) is 4.79 Å². The van der Waals surface area contributed by atoms with Crippen LogP contribution in [0.15, 0.2) is 48.3 Å². The minimum atomic E-state index is -0.439. The number of ether oxygens (including phenoxy) is 1. The molecule has 0 atom stereocenters. The first-order valence-corrected chi connectivity index (χ1v) is 5.27. The van der Waals surface area contributed by atoms with Crippen molar-refractivity contribution in [3.05, 3.63) is 53.8 Å². The Kier molecular flexibility index (Phi) is 4.97. The van der Waals surface area contributed by atoms with E-state index < -0.39 is 5.97 Å². The third-order valence-electron chi connectivity index (χ3n) is 2.05. The SMILES string of the molecule is C/C=C\C=C(/CN)OC(=O)c1ccc(N)cc1. The van der Waals surface area contributed by atoms with Crippen molar-refractivity contribution in [3.63, 3.8) is 0 Å². The fourth-order valence-corrected chi connectivity index (χ4v) is 1.14. The van der Waals surface area contributed by atoms with Crippen LogP contribution in [0.3, 0.4) is 0 Å². The molecule has 0 heterocycles. The van der Waals surface area contributed by atoms with E-state index in [1.54, 1.807) is 36.4 Å². The summed E-state index contributed by atoms with van der Waals surface area (Å²) in [6.45, 7) is 2.04. The maximum atomic E-state index is 11.7. The van der Waals surface area contributed by atoms with Crippen LogP contribution in [0.2, 0.25) is 0 Å². The molecule has 1 aromatic rings. The third-order valence-corrected chi connectivity index (χ3v) is 2.05. The van der Waals surface area contributed by atoms with Crippen LogP contribution in [0.4, 0.5) is 5.69 Å². The van der Waals surface area contributed by atoms with Gasteiger partial charge in [0.05, 0.1) is 12.1 Å². The highest BCUT2D eigenvalue weighted by molar-refractivity contribution is 5.90. The van der Waals surface area contributed by atoms with Crippen LogP contribution in [0.5, 0.6) is 0 Å². The molecule has 4 nitrogen and oxygen atoms in total. The van der Waals surface area contributed by atoms with Crippen LogP contribution in [0, 0.1) is 0 Å². The number of nitrogen functional groups attached to an aromatic ring is 1. The van der Waals surface area contributed by atoms with Crippen molar-refractivity contribution >= 4 is 11.7 Å². The molecule has 0 unspecified atom stereocenters. The van der Waals surface area contributed by atoms with Crippen molar-refractivity contribution < 1.29 is 9.53 Å². The molecule has 0 bridgehead atoms. The van der Waals surface area contributed by atoms with Crippen molar-refractivity contribution in [1.29, 1.82) is 0 Å². The van der Waals surface area contributed by atoms with Gasteiger partial charge < -0.3 is 16.2 Å². The van der Waals surface area contributed by atoms with Gasteiger partial charge >= 0.3 is 5.97 Å². The highest BCUT2D eigenvalue weighted by Crippen LogP contribution is 2.09. The van der Waals surface area contributed by atoms with E-state index in [0.717, 1.165) is 0 Å². The molecule has 1 rings (SSSR count). The molecule has 4 N–H and O–H groups in total. The molecular weight excluding hydrogens is 216 g/mol. The summed E-state index contributed by atoms with van der Waals surface area (Å²) < 4.78 is 5.13. The number of benzene rings is 1. The number of hydrogen-bond acceptors (Lipinski definition) is 4. The molecule has 0 amide bonds. The fourth-order valence-electron chi connectivity index (χ4n) is 1.14. The summed E-state index contributed by atoms with van der Waals surface area (Å²) in [5, 5.41) is 0. The van der Waals surface area contributed by atoms with Crippen molar-refractivity contribution in [3.8, 4) is 0 Å². The Hall–Kier alpha value is -2.07. The van der Waals surface area contributed by atoms with Gasteiger partial charge in [-0.1, -0.05) is 12.2 Å². The smallest absolute Gasteiger partial charge is 0.343 e. The highest BCUT2D eigenvalue weighted by atomic mass is 16.5. The summed E-state index contributed by atoms with van der Waals surface area (Å²) in [6, 6.07) is 6.52. The van der Waals surface area contributed by atoms with Crippen LogP contribution >= 0.6 is 0 Å². The molecule has 0 aliphatic rings. The molecule has 0 saturated carbocycles. The largest absolute Gasteiger partial charge is 0.426 e. The Labute approximate surface area is 101 Å².